The first-order valence-electron chi connectivity index (χ1n) is 10.2. The number of carbonyl (C=O) groups is 1. The Morgan fingerprint density at radius 3 is 2.40 bits per heavy atom. The fourth-order valence-corrected chi connectivity index (χ4v) is 3.47. The number of rotatable bonds is 8. The van der Waals surface area contributed by atoms with Crippen LogP contribution in [0.5, 0.6) is 5.75 Å². The molecule has 3 aromatic rings. The fraction of sp³-hybridized carbons (Fsp3) is 0.333. The minimum atomic E-state index is -0.00313. The lowest BCUT2D eigenvalue weighted by Gasteiger charge is -2.10. The number of carbonyl (C=O) groups excluding carboxylic acids is 1. The van der Waals surface area contributed by atoms with Crippen molar-refractivity contribution in [2.24, 2.45) is 0 Å². The Labute approximate surface area is 183 Å². The monoisotopic (exact) mass is 425 g/mol. The minimum Gasteiger partial charge on any atom is -0.491 e. The number of ether oxygens (including phenoxy) is 1. The molecule has 0 aliphatic heterocycles. The van der Waals surface area contributed by atoms with Gasteiger partial charge in [0.15, 0.2) is 0 Å². The molecule has 0 aliphatic rings. The molecule has 0 saturated carbocycles. The number of nitrogens with zero attached hydrogens (tertiary/aromatic N) is 2. The van der Waals surface area contributed by atoms with Crippen molar-refractivity contribution >= 4 is 17.5 Å². The largest absolute Gasteiger partial charge is 0.491 e. The van der Waals surface area contributed by atoms with Crippen molar-refractivity contribution in [3.63, 3.8) is 0 Å². The van der Waals surface area contributed by atoms with Crippen molar-refractivity contribution in [1.29, 1.82) is 0 Å². The van der Waals surface area contributed by atoms with Crippen LogP contribution in [0.3, 0.4) is 0 Å². The van der Waals surface area contributed by atoms with Crippen LogP contribution in [-0.2, 0) is 17.6 Å². The maximum atomic E-state index is 12.5. The van der Waals surface area contributed by atoms with Crippen LogP contribution in [0.15, 0.2) is 48.5 Å². The van der Waals surface area contributed by atoms with Crippen molar-refractivity contribution in [3.8, 4) is 11.4 Å². The van der Waals surface area contributed by atoms with E-state index in [1.807, 2.05) is 80.9 Å². The first-order valence-corrected chi connectivity index (χ1v) is 10.5. The zero-order chi connectivity index (χ0) is 21.7. The van der Waals surface area contributed by atoms with Crippen LogP contribution in [0.1, 0.15) is 36.4 Å². The van der Waals surface area contributed by atoms with Gasteiger partial charge in [0.05, 0.1) is 23.9 Å². The Kier molecular flexibility index (Phi) is 7.16. The van der Waals surface area contributed by atoms with Crippen LogP contribution >= 0.6 is 11.6 Å². The summed E-state index contributed by atoms with van der Waals surface area (Å²) in [6, 6.07) is 15.5. The minimum absolute atomic E-state index is 0.00313. The average molecular weight is 426 g/mol. The molecule has 0 aliphatic carbocycles. The molecule has 1 heterocycles. The Morgan fingerprint density at radius 1 is 1.10 bits per heavy atom. The van der Waals surface area contributed by atoms with E-state index in [9.17, 15) is 4.79 Å². The van der Waals surface area contributed by atoms with Gasteiger partial charge in [0, 0.05) is 22.8 Å². The number of benzene rings is 2. The van der Waals surface area contributed by atoms with Crippen LogP contribution in [0.2, 0.25) is 5.02 Å². The third kappa shape index (κ3) is 5.63. The highest BCUT2D eigenvalue weighted by Crippen LogP contribution is 2.20. The highest BCUT2D eigenvalue weighted by Gasteiger charge is 2.16. The van der Waals surface area contributed by atoms with Crippen molar-refractivity contribution in [2.45, 2.75) is 46.6 Å². The Hall–Kier alpha value is -2.79. The van der Waals surface area contributed by atoms with Gasteiger partial charge in [0.25, 0.3) is 0 Å². The number of hydrogen-bond acceptors (Lipinski definition) is 3. The predicted molar refractivity (Wildman–Crippen MR) is 121 cm³/mol. The lowest BCUT2D eigenvalue weighted by atomic mass is 10.1. The van der Waals surface area contributed by atoms with Crippen LogP contribution in [0.25, 0.3) is 5.69 Å². The van der Waals surface area contributed by atoms with E-state index in [-0.39, 0.29) is 12.0 Å². The second-order valence-corrected chi connectivity index (χ2v) is 8.06. The molecule has 1 aromatic heterocycles. The molecule has 2 aromatic carbocycles. The molecular weight excluding hydrogens is 398 g/mol. The molecule has 0 fully saturated rings. The maximum Gasteiger partial charge on any atom is 0.224 e. The maximum absolute atomic E-state index is 12.5. The van der Waals surface area contributed by atoms with Gasteiger partial charge >= 0.3 is 0 Å². The van der Waals surface area contributed by atoms with Gasteiger partial charge in [-0.3, -0.25) is 4.79 Å². The molecule has 5 nitrogen and oxygen atoms in total. The molecule has 6 heteroatoms. The summed E-state index contributed by atoms with van der Waals surface area (Å²) in [6.45, 7) is 8.52. The quantitative estimate of drug-likeness (QED) is 0.562. The van der Waals surface area contributed by atoms with Gasteiger partial charge in [0.2, 0.25) is 5.91 Å². The molecule has 1 amide bonds. The van der Waals surface area contributed by atoms with E-state index in [4.69, 9.17) is 16.3 Å². The smallest absolute Gasteiger partial charge is 0.224 e. The van der Waals surface area contributed by atoms with E-state index in [0.717, 1.165) is 40.4 Å². The van der Waals surface area contributed by atoms with E-state index in [1.54, 1.807) is 0 Å². The molecule has 0 bridgehead atoms. The van der Waals surface area contributed by atoms with Crippen molar-refractivity contribution in [2.75, 3.05) is 6.54 Å². The van der Waals surface area contributed by atoms with Crippen molar-refractivity contribution in [1.82, 2.24) is 15.1 Å². The SMILES string of the molecule is Cc1nn(-c2ccc(Cl)cc2)c(C)c1CC(=O)NCCc1ccc(OC(C)C)cc1. The number of aryl methyl sites for hydroxylation is 1. The Balaban J connectivity index is 1.55. The highest BCUT2D eigenvalue weighted by atomic mass is 35.5. The lowest BCUT2D eigenvalue weighted by molar-refractivity contribution is -0.120. The topological polar surface area (TPSA) is 56.2 Å². The zero-order valence-electron chi connectivity index (χ0n) is 17.9. The number of amides is 1. The number of halogens is 1. The molecule has 0 radical (unpaired) electrons. The highest BCUT2D eigenvalue weighted by molar-refractivity contribution is 6.30. The summed E-state index contributed by atoms with van der Waals surface area (Å²) in [5.74, 6) is 0.859. The number of nitrogens with one attached hydrogen (secondary N) is 1. The van der Waals surface area contributed by atoms with Crippen molar-refractivity contribution in [3.05, 3.63) is 76.1 Å². The first kappa shape index (κ1) is 21.9. The van der Waals surface area contributed by atoms with Crippen LogP contribution in [-0.4, -0.2) is 28.3 Å². The molecule has 3 rings (SSSR count). The van der Waals surface area contributed by atoms with Gasteiger partial charge in [-0.05, 0) is 76.1 Å². The molecule has 0 unspecified atom stereocenters. The van der Waals surface area contributed by atoms with Gasteiger partial charge in [0.1, 0.15) is 5.75 Å². The van der Waals surface area contributed by atoms with Gasteiger partial charge in [-0.25, -0.2) is 4.68 Å². The van der Waals surface area contributed by atoms with Crippen molar-refractivity contribution < 1.29 is 9.53 Å². The molecule has 0 atom stereocenters. The third-order valence-electron chi connectivity index (χ3n) is 4.88. The predicted octanol–water partition coefficient (Wildman–Crippen LogP) is 4.83. The van der Waals surface area contributed by atoms with Gasteiger partial charge < -0.3 is 10.1 Å². The van der Waals surface area contributed by atoms with Gasteiger partial charge in [-0.1, -0.05) is 23.7 Å². The van der Waals surface area contributed by atoms with Crippen LogP contribution < -0.4 is 10.1 Å². The molecule has 158 valence electrons. The summed E-state index contributed by atoms with van der Waals surface area (Å²) in [7, 11) is 0. The summed E-state index contributed by atoms with van der Waals surface area (Å²) >= 11 is 5.98. The van der Waals surface area contributed by atoms with Gasteiger partial charge in [-0.15, -0.1) is 0 Å². The molecule has 0 spiro atoms. The third-order valence-corrected chi connectivity index (χ3v) is 5.13. The van der Waals surface area contributed by atoms with E-state index in [0.29, 0.717) is 18.0 Å². The Morgan fingerprint density at radius 2 is 1.77 bits per heavy atom. The number of aromatic nitrogens is 2. The summed E-state index contributed by atoms with van der Waals surface area (Å²) in [4.78, 5) is 12.5. The molecule has 30 heavy (non-hydrogen) atoms. The summed E-state index contributed by atoms with van der Waals surface area (Å²) < 4.78 is 7.51. The van der Waals surface area contributed by atoms with E-state index in [2.05, 4.69) is 10.4 Å². The average Bonchev–Trinajstić information content (AvgIpc) is 2.98. The van der Waals surface area contributed by atoms with Crippen LogP contribution in [0, 0.1) is 13.8 Å². The van der Waals surface area contributed by atoms with E-state index >= 15 is 0 Å². The van der Waals surface area contributed by atoms with Crippen LogP contribution in [0.4, 0.5) is 0 Å². The van der Waals surface area contributed by atoms with E-state index < -0.39 is 0 Å². The normalized spacial score (nSPS) is 11.0. The second-order valence-electron chi connectivity index (χ2n) is 7.62. The summed E-state index contributed by atoms with van der Waals surface area (Å²) in [5, 5.41) is 8.30. The molecule has 0 saturated heterocycles. The standard InChI is InChI=1S/C24H28ClN3O2/c1-16(2)30-22-11-5-19(6-12-22)13-14-26-24(29)15-23-17(3)27-28(18(23)4)21-9-7-20(25)8-10-21/h5-12,16H,13-15H2,1-4H3,(H,26,29). The lowest BCUT2D eigenvalue weighted by Crippen LogP contribution is -2.27. The zero-order valence-corrected chi connectivity index (χ0v) is 18.7. The fourth-order valence-electron chi connectivity index (χ4n) is 3.34. The first-order chi connectivity index (χ1) is 14.3. The summed E-state index contributed by atoms with van der Waals surface area (Å²) in [6.07, 6.45) is 1.24. The van der Waals surface area contributed by atoms with E-state index in [1.165, 1.54) is 0 Å². The molecular formula is C24H28ClN3O2. The van der Waals surface area contributed by atoms with Gasteiger partial charge in [-0.2, -0.15) is 5.10 Å². The number of hydrogen-bond donors (Lipinski definition) is 1. The summed E-state index contributed by atoms with van der Waals surface area (Å²) in [5.41, 5.74) is 4.87. The second kappa shape index (κ2) is 9.81. The Bertz CT molecular complexity index is 993. The molecule has 1 N–H and O–H groups in total.